The molecule has 1 aliphatic rings. The largest absolute Gasteiger partial charge is 0.493 e. The van der Waals surface area contributed by atoms with Crippen LogP contribution in [0.25, 0.3) is 6.08 Å². The third kappa shape index (κ3) is 6.16. The molecular formula is C23H22Cl2N2O6S. The van der Waals surface area contributed by atoms with Crippen molar-refractivity contribution < 1.29 is 28.6 Å². The van der Waals surface area contributed by atoms with Crippen LogP contribution in [0.15, 0.2) is 41.3 Å². The summed E-state index contributed by atoms with van der Waals surface area (Å²) in [4.78, 5) is 38.8. The number of hydrogen-bond donors (Lipinski definition) is 1. The van der Waals surface area contributed by atoms with Gasteiger partial charge in [-0.05, 0) is 60.7 Å². The summed E-state index contributed by atoms with van der Waals surface area (Å²) in [6.07, 6.45) is 0.760. The average Bonchev–Trinajstić information content (AvgIpc) is 3.07. The van der Waals surface area contributed by atoms with E-state index in [-0.39, 0.29) is 23.0 Å². The molecule has 0 aromatic heterocycles. The fourth-order valence-corrected chi connectivity index (χ4v) is 4.35. The summed E-state index contributed by atoms with van der Waals surface area (Å²) in [5, 5.41) is 2.98. The summed E-state index contributed by atoms with van der Waals surface area (Å²) in [5.74, 6) is 0.532. The molecule has 180 valence electrons. The minimum Gasteiger partial charge on any atom is -0.493 e. The van der Waals surface area contributed by atoms with Gasteiger partial charge in [-0.2, -0.15) is 0 Å². The number of nitrogens with zero attached hydrogens (tertiary/aromatic N) is 1. The molecular weight excluding hydrogens is 503 g/mol. The van der Waals surface area contributed by atoms with Crippen LogP contribution in [-0.4, -0.2) is 55.4 Å². The standard InChI is InChI=1S/C23H22Cl2N2O6S/c1-13(33-17-7-5-15(24)12-16(17)25)21(28)26-8-9-27-22(29)20(34-23(27)30)11-14-4-6-18(31-2)19(10-14)32-3/h4-7,10-13H,8-9H2,1-3H3,(H,26,28)/b20-11+/t13-/m1/s1. The fraction of sp³-hybridized carbons (Fsp3) is 0.261. The second kappa shape index (κ2) is 11.5. The van der Waals surface area contributed by atoms with Crippen LogP contribution >= 0.6 is 35.0 Å². The zero-order valence-electron chi connectivity index (χ0n) is 18.6. The summed E-state index contributed by atoms with van der Waals surface area (Å²) < 4.78 is 16.0. The van der Waals surface area contributed by atoms with E-state index in [4.69, 9.17) is 37.4 Å². The smallest absolute Gasteiger partial charge is 0.293 e. The average molecular weight is 525 g/mol. The highest BCUT2D eigenvalue weighted by Crippen LogP contribution is 2.34. The predicted molar refractivity (Wildman–Crippen MR) is 132 cm³/mol. The first-order chi connectivity index (χ1) is 16.2. The number of ether oxygens (including phenoxy) is 3. The highest BCUT2D eigenvalue weighted by atomic mass is 35.5. The minimum atomic E-state index is -0.849. The zero-order valence-corrected chi connectivity index (χ0v) is 20.9. The molecule has 11 heteroatoms. The third-order valence-electron chi connectivity index (χ3n) is 4.78. The molecule has 0 saturated carbocycles. The number of amides is 3. The van der Waals surface area contributed by atoms with Gasteiger partial charge in [0.25, 0.3) is 17.1 Å². The highest BCUT2D eigenvalue weighted by Gasteiger charge is 2.34. The lowest BCUT2D eigenvalue weighted by molar-refractivity contribution is -0.128. The third-order valence-corrected chi connectivity index (χ3v) is 6.22. The van der Waals surface area contributed by atoms with Crippen LogP contribution in [0, 0.1) is 0 Å². The molecule has 1 N–H and O–H groups in total. The molecule has 0 spiro atoms. The van der Waals surface area contributed by atoms with Crippen molar-refractivity contribution in [2.45, 2.75) is 13.0 Å². The van der Waals surface area contributed by atoms with Gasteiger partial charge in [0, 0.05) is 18.1 Å². The number of imide groups is 1. The number of rotatable bonds is 9. The maximum Gasteiger partial charge on any atom is 0.293 e. The van der Waals surface area contributed by atoms with Gasteiger partial charge < -0.3 is 19.5 Å². The summed E-state index contributed by atoms with van der Waals surface area (Å²) in [6, 6.07) is 9.86. The number of nitrogens with one attached hydrogen (secondary N) is 1. The van der Waals surface area contributed by atoms with Crippen LogP contribution in [0.2, 0.25) is 10.0 Å². The van der Waals surface area contributed by atoms with Crippen LogP contribution in [0.3, 0.4) is 0 Å². The molecule has 1 heterocycles. The number of carbonyl (C=O) groups is 3. The van der Waals surface area contributed by atoms with E-state index < -0.39 is 23.2 Å². The van der Waals surface area contributed by atoms with Crippen molar-refractivity contribution in [1.29, 1.82) is 0 Å². The van der Waals surface area contributed by atoms with Crippen LogP contribution in [0.1, 0.15) is 12.5 Å². The van der Waals surface area contributed by atoms with Crippen molar-refractivity contribution in [1.82, 2.24) is 10.2 Å². The van der Waals surface area contributed by atoms with Gasteiger partial charge in [0.15, 0.2) is 17.6 Å². The second-order valence-corrected chi connectivity index (χ2v) is 8.91. The van der Waals surface area contributed by atoms with E-state index in [0.717, 1.165) is 16.7 Å². The normalized spacial score (nSPS) is 15.4. The predicted octanol–water partition coefficient (Wildman–Crippen LogP) is 4.63. The Labute approximate surface area is 211 Å². The molecule has 8 nitrogen and oxygen atoms in total. The van der Waals surface area contributed by atoms with Gasteiger partial charge in [-0.25, -0.2) is 0 Å². The van der Waals surface area contributed by atoms with Gasteiger partial charge in [-0.3, -0.25) is 19.3 Å². The first-order valence-electron chi connectivity index (χ1n) is 10.1. The van der Waals surface area contributed by atoms with E-state index in [1.54, 1.807) is 43.3 Å². The summed E-state index contributed by atoms with van der Waals surface area (Å²) in [7, 11) is 3.04. The number of halogens is 2. The van der Waals surface area contributed by atoms with Crippen molar-refractivity contribution in [3.8, 4) is 17.2 Å². The summed E-state index contributed by atoms with van der Waals surface area (Å²) >= 11 is 12.8. The molecule has 0 radical (unpaired) electrons. The molecule has 1 aliphatic heterocycles. The zero-order chi connectivity index (χ0) is 24.8. The quantitative estimate of drug-likeness (QED) is 0.477. The van der Waals surface area contributed by atoms with Gasteiger partial charge in [-0.1, -0.05) is 29.3 Å². The molecule has 34 heavy (non-hydrogen) atoms. The Morgan fingerprint density at radius 3 is 2.47 bits per heavy atom. The molecule has 2 aromatic carbocycles. The monoisotopic (exact) mass is 524 g/mol. The fourth-order valence-electron chi connectivity index (χ4n) is 3.04. The van der Waals surface area contributed by atoms with Gasteiger partial charge in [-0.15, -0.1) is 0 Å². The van der Waals surface area contributed by atoms with Crippen molar-refractivity contribution in [3.05, 3.63) is 56.9 Å². The van der Waals surface area contributed by atoms with Crippen molar-refractivity contribution in [3.63, 3.8) is 0 Å². The maximum atomic E-state index is 12.7. The molecule has 3 amide bonds. The van der Waals surface area contributed by atoms with Gasteiger partial charge in [0.05, 0.1) is 24.1 Å². The van der Waals surface area contributed by atoms with Crippen LogP contribution in [0.5, 0.6) is 17.2 Å². The van der Waals surface area contributed by atoms with Gasteiger partial charge >= 0.3 is 0 Å². The molecule has 0 unspecified atom stereocenters. The molecule has 1 fully saturated rings. The number of carbonyl (C=O) groups excluding carboxylic acids is 3. The molecule has 2 aromatic rings. The summed E-state index contributed by atoms with van der Waals surface area (Å²) in [5.41, 5.74) is 0.684. The SMILES string of the molecule is COc1ccc(/C=C2/SC(=O)N(CCNC(=O)[C@@H](C)Oc3ccc(Cl)cc3Cl)C2=O)cc1OC. The Morgan fingerprint density at radius 2 is 1.79 bits per heavy atom. The van der Waals surface area contributed by atoms with Gasteiger partial charge in [0.2, 0.25) is 0 Å². The van der Waals surface area contributed by atoms with E-state index in [2.05, 4.69) is 5.32 Å². The summed E-state index contributed by atoms with van der Waals surface area (Å²) in [6.45, 7) is 1.66. The first kappa shape index (κ1) is 25.7. The molecule has 1 saturated heterocycles. The van der Waals surface area contributed by atoms with Crippen LogP contribution in [0.4, 0.5) is 4.79 Å². The van der Waals surface area contributed by atoms with Gasteiger partial charge in [0.1, 0.15) is 5.75 Å². The Bertz CT molecular complexity index is 1140. The topological polar surface area (TPSA) is 94.2 Å². The molecule has 0 aliphatic carbocycles. The number of methoxy groups -OCH3 is 2. The van der Waals surface area contributed by atoms with Crippen molar-refractivity contribution >= 4 is 58.1 Å². The lowest BCUT2D eigenvalue weighted by Gasteiger charge is -2.17. The minimum absolute atomic E-state index is 0.0219. The Morgan fingerprint density at radius 1 is 1.09 bits per heavy atom. The second-order valence-electron chi connectivity index (χ2n) is 7.07. The number of benzene rings is 2. The molecule has 1 atom stereocenters. The lowest BCUT2D eigenvalue weighted by atomic mass is 10.2. The van der Waals surface area contributed by atoms with E-state index in [9.17, 15) is 14.4 Å². The van der Waals surface area contributed by atoms with E-state index in [1.807, 2.05) is 0 Å². The molecule has 3 rings (SSSR count). The first-order valence-corrected chi connectivity index (χ1v) is 11.7. The Kier molecular flexibility index (Phi) is 8.71. The van der Waals surface area contributed by atoms with E-state index in [1.165, 1.54) is 20.3 Å². The molecule has 0 bridgehead atoms. The van der Waals surface area contributed by atoms with Crippen LogP contribution < -0.4 is 19.5 Å². The van der Waals surface area contributed by atoms with Crippen molar-refractivity contribution in [2.75, 3.05) is 27.3 Å². The van der Waals surface area contributed by atoms with E-state index in [0.29, 0.717) is 27.8 Å². The van der Waals surface area contributed by atoms with Crippen LogP contribution in [-0.2, 0) is 9.59 Å². The number of thioether (sulfide) groups is 1. The van der Waals surface area contributed by atoms with Crippen molar-refractivity contribution in [2.24, 2.45) is 0 Å². The lowest BCUT2D eigenvalue weighted by Crippen LogP contribution is -2.41. The Hall–Kier alpha value is -2.88. The van der Waals surface area contributed by atoms with E-state index >= 15 is 0 Å². The Balaban J connectivity index is 1.56. The maximum absolute atomic E-state index is 12.7. The number of hydrogen-bond acceptors (Lipinski definition) is 7. The highest BCUT2D eigenvalue weighted by molar-refractivity contribution is 8.18.